The lowest BCUT2D eigenvalue weighted by molar-refractivity contribution is -0.284. The van der Waals surface area contributed by atoms with Gasteiger partial charge in [-0.2, -0.15) is 22.0 Å². The van der Waals surface area contributed by atoms with Crippen molar-refractivity contribution in [2.45, 2.75) is 134 Å². The van der Waals surface area contributed by atoms with Crippen LogP contribution in [-0.4, -0.2) is 49.1 Å². The first-order chi connectivity index (χ1) is 20.1. The molecule has 3 aliphatic rings. The molecule has 0 aromatic heterocycles. The molecule has 3 N–H and O–H groups in total. The number of alkyl halides is 5. The van der Waals surface area contributed by atoms with Gasteiger partial charge in [0, 0.05) is 13.0 Å². The van der Waals surface area contributed by atoms with Crippen LogP contribution < -0.4 is 4.72 Å². The van der Waals surface area contributed by atoms with Crippen molar-refractivity contribution in [3.63, 3.8) is 0 Å². The molecule has 5 nitrogen and oxygen atoms in total. The van der Waals surface area contributed by atoms with E-state index in [9.17, 15) is 40.6 Å². The molecule has 0 spiro atoms. The summed E-state index contributed by atoms with van der Waals surface area (Å²) in [5.41, 5.74) is 4.06. The minimum atomic E-state index is -5.63. The van der Waals surface area contributed by atoms with Crippen LogP contribution in [0.4, 0.5) is 22.0 Å². The van der Waals surface area contributed by atoms with E-state index in [-0.39, 0.29) is 17.3 Å². The summed E-state index contributed by atoms with van der Waals surface area (Å²) in [6.45, 7) is 1.84. The number of fused-ring (bicyclic) bond motifs is 5. The van der Waals surface area contributed by atoms with Crippen molar-refractivity contribution in [3.05, 3.63) is 28.8 Å². The number of phenolic OH excluding ortho intramolecular Hbond substituents is 1. The van der Waals surface area contributed by atoms with E-state index in [0.29, 0.717) is 36.3 Å². The second kappa shape index (κ2) is 13.9. The molecule has 246 valence electrons. The predicted molar refractivity (Wildman–Crippen MR) is 157 cm³/mol. The summed E-state index contributed by atoms with van der Waals surface area (Å²) in [5.74, 6) is -2.97. The van der Waals surface area contributed by atoms with Gasteiger partial charge in [0.25, 0.3) is 0 Å². The van der Waals surface area contributed by atoms with E-state index >= 15 is 0 Å². The Hall–Kier alpha value is -1.46. The number of aliphatic hydroxyl groups is 1. The maximum absolute atomic E-state index is 12.9. The Morgan fingerprint density at radius 2 is 1.60 bits per heavy atom. The Bertz CT molecular complexity index is 1190. The normalized spacial score (nSPS) is 27.5. The average Bonchev–Trinajstić information content (AvgIpc) is 3.23. The van der Waals surface area contributed by atoms with Crippen molar-refractivity contribution in [3.8, 4) is 5.75 Å². The number of phenols is 1. The first-order valence-electron chi connectivity index (χ1n) is 16.1. The fourth-order valence-corrected chi connectivity index (χ4v) is 9.42. The van der Waals surface area contributed by atoms with Gasteiger partial charge in [-0.25, -0.2) is 13.1 Å². The highest BCUT2D eigenvalue weighted by molar-refractivity contribution is 7.89. The van der Waals surface area contributed by atoms with Gasteiger partial charge in [-0.15, -0.1) is 0 Å². The summed E-state index contributed by atoms with van der Waals surface area (Å²) in [7, 11) is -3.71. The molecule has 5 atom stereocenters. The Morgan fingerprint density at radius 3 is 2.30 bits per heavy atom. The van der Waals surface area contributed by atoms with Crippen molar-refractivity contribution in [2.75, 3.05) is 12.3 Å². The lowest BCUT2D eigenvalue weighted by atomic mass is 9.55. The molecule has 11 heteroatoms. The standard InChI is InChI=1S/C32H48F5NO4S/c1-30-17-15-26-25(27(30)13-14-28(30)40)12-11-23-21-24(39)20-22(29(23)26)10-7-5-3-2-4-6-8-19-43(41,42)38-18-9-16-31(33,34)32(35,36)37/h20-21,25-28,38-40H,2-19H2,1H3/t25-,26+,27+,28+,30+/m1/s1. The van der Waals surface area contributed by atoms with E-state index in [1.165, 1.54) is 16.7 Å². The lowest BCUT2D eigenvalue weighted by Gasteiger charge is -2.50. The number of unbranched alkanes of at least 4 members (excludes halogenated alkanes) is 6. The topological polar surface area (TPSA) is 86.6 Å². The fourth-order valence-electron chi connectivity index (χ4n) is 8.24. The van der Waals surface area contributed by atoms with E-state index in [1.807, 2.05) is 12.1 Å². The number of aryl methyl sites for hydroxylation is 2. The van der Waals surface area contributed by atoms with Gasteiger partial charge in [-0.1, -0.05) is 39.0 Å². The smallest absolute Gasteiger partial charge is 0.453 e. The lowest BCUT2D eigenvalue weighted by Crippen LogP contribution is -2.44. The fraction of sp³-hybridized carbons (Fsp3) is 0.812. The molecule has 1 aromatic rings. The number of sulfonamides is 1. The Morgan fingerprint density at radius 1 is 0.930 bits per heavy atom. The van der Waals surface area contributed by atoms with Crippen LogP contribution in [0, 0.1) is 17.3 Å². The van der Waals surface area contributed by atoms with Crippen LogP contribution in [0.15, 0.2) is 12.1 Å². The minimum Gasteiger partial charge on any atom is -0.508 e. The number of aromatic hydroxyl groups is 1. The maximum atomic E-state index is 12.9. The molecule has 4 rings (SSSR count). The number of aliphatic hydroxyl groups excluding tert-OH is 1. The molecule has 3 aliphatic carbocycles. The molecule has 0 unspecified atom stereocenters. The SMILES string of the molecule is C[C@]12CC[C@@H]3c4c(CCCCCCCCCS(=O)(=O)NCCCC(F)(F)C(F)(F)F)cc(O)cc4CC[C@H]3[C@@H]1CC[C@@H]2O. The molecule has 0 amide bonds. The van der Waals surface area contributed by atoms with Crippen molar-refractivity contribution >= 4 is 10.0 Å². The van der Waals surface area contributed by atoms with E-state index < -0.39 is 41.5 Å². The average molecular weight is 638 g/mol. The summed E-state index contributed by atoms with van der Waals surface area (Å²) in [6.07, 6.45) is 5.34. The van der Waals surface area contributed by atoms with Gasteiger partial charge < -0.3 is 10.2 Å². The van der Waals surface area contributed by atoms with Crippen LogP contribution in [-0.2, 0) is 22.9 Å². The van der Waals surface area contributed by atoms with Crippen LogP contribution in [0.5, 0.6) is 5.75 Å². The molecular formula is C32H48F5NO4S. The molecular weight excluding hydrogens is 589 g/mol. The first kappa shape index (κ1) is 34.4. The third-order valence-electron chi connectivity index (χ3n) is 10.6. The van der Waals surface area contributed by atoms with Crippen LogP contribution in [0.2, 0.25) is 0 Å². The van der Waals surface area contributed by atoms with Crippen molar-refractivity contribution in [1.29, 1.82) is 0 Å². The molecule has 0 radical (unpaired) electrons. The van der Waals surface area contributed by atoms with E-state index in [0.717, 1.165) is 77.0 Å². The third kappa shape index (κ3) is 8.23. The second-order valence-corrected chi connectivity index (χ2v) is 15.4. The summed E-state index contributed by atoms with van der Waals surface area (Å²) >= 11 is 0. The summed E-state index contributed by atoms with van der Waals surface area (Å²) < 4.78 is 88.6. The van der Waals surface area contributed by atoms with Crippen LogP contribution in [0.1, 0.15) is 119 Å². The second-order valence-electron chi connectivity index (χ2n) is 13.5. The van der Waals surface area contributed by atoms with Crippen molar-refractivity contribution in [2.24, 2.45) is 17.3 Å². The van der Waals surface area contributed by atoms with Gasteiger partial charge in [-0.05, 0) is 116 Å². The Balaban J connectivity index is 1.14. The number of hydrogen-bond acceptors (Lipinski definition) is 4. The predicted octanol–water partition coefficient (Wildman–Crippen LogP) is 7.78. The molecule has 0 aliphatic heterocycles. The zero-order valence-corrected chi connectivity index (χ0v) is 26.0. The molecule has 0 heterocycles. The molecule has 0 saturated heterocycles. The van der Waals surface area contributed by atoms with Crippen LogP contribution in [0.3, 0.4) is 0 Å². The van der Waals surface area contributed by atoms with Crippen LogP contribution >= 0.6 is 0 Å². The summed E-state index contributed by atoms with van der Waals surface area (Å²) in [4.78, 5) is 0. The molecule has 43 heavy (non-hydrogen) atoms. The zero-order valence-electron chi connectivity index (χ0n) is 25.2. The van der Waals surface area contributed by atoms with E-state index in [4.69, 9.17) is 0 Å². The van der Waals surface area contributed by atoms with Crippen LogP contribution in [0.25, 0.3) is 0 Å². The Labute approximate surface area is 253 Å². The minimum absolute atomic E-state index is 0.0382. The number of hydrogen-bond donors (Lipinski definition) is 3. The quantitative estimate of drug-likeness (QED) is 0.135. The van der Waals surface area contributed by atoms with E-state index in [2.05, 4.69) is 11.6 Å². The number of rotatable bonds is 15. The monoisotopic (exact) mass is 637 g/mol. The van der Waals surface area contributed by atoms with E-state index in [1.54, 1.807) is 0 Å². The largest absolute Gasteiger partial charge is 0.508 e. The highest BCUT2D eigenvalue weighted by atomic mass is 32.2. The summed E-state index contributed by atoms with van der Waals surface area (Å²) in [5, 5.41) is 21.1. The molecule has 2 saturated carbocycles. The molecule has 1 aromatic carbocycles. The van der Waals surface area contributed by atoms with Gasteiger partial charge >= 0.3 is 12.1 Å². The van der Waals surface area contributed by atoms with Gasteiger partial charge in [0.05, 0.1) is 11.9 Å². The van der Waals surface area contributed by atoms with Crippen molar-refractivity contribution < 1.29 is 40.6 Å². The zero-order chi connectivity index (χ0) is 31.5. The highest BCUT2D eigenvalue weighted by Gasteiger charge is 2.56. The highest BCUT2D eigenvalue weighted by Crippen LogP contribution is 2.61. The van der Waals surface area contributed by atoms with Gasteiger partial charge in [0.2, 0.25) is 10.0 Å². The first-order valence-corrected chi connectivity index (χ1v) is 17.7. The number of nitrogens with one attached hydrogen (secondary N) is 1. The maximum Gasteiger partial charge on any atom is 0.453 e. The summed E-state index contributed by atoms with van der Waals surface area (Å²) in [6, 6.07) is 3.91. The van der Waals surface area contributed by atoms with Gasteiger partial charge in [0.1, 0.15) is 5.75 Å². The Kier molecular flexibility index (Phi) is 11.1. The van der Waals surface area contributed by atoms with Crippen molar-refractivity contribution in [1.82, 2.24) is 4.72 Å². The number of halogens is 5. The van der Waals surface area contributed by atoms with Gasteiger partial charge in [0.15, 0.2) is 0 Å². The third-order valence-corrected chi connectivity index (χ3v) is 12.1. The number of benzene rings is 1. The van der Waals surface area contributed by atoms with Gasteiger partial charge in [-0.3, -0.25) is 0 Å². The molecule has 2 fully saturated rings. The molecule has 0 bridgehead atoms.